The summed E-state index contributed by atoms with van der Waals surface area (Å²) in [5.41, 5.74) is 1.04. The Labute approximate surface area is 175 Å². The number of nitrogens with zero attached hydrogens (tertiary/aromatic N) is 4. The largest absolute Gasteiger partial charge is 0.495 e. The second-order valence-electron chi connectivity index (χ2n) is 6.46. The van der Waals surface area contributed by atoms with Gasteiger partial charge in [0.2, 0.25) is 11.8 Å². The number of carbonyl (C=O) groups excluding carboxylic acids is 1. The SMILES string of the molecule is COc1ccccc1N(C(C)=O)c1onc(-c2ccc(F)cc2F)c1-c1ccncn1. The van der Waals surface area contributed by atoms with Crippen molar-refractivity contribution in [3.05, 3.63) is 72.7 Å². The molecule has 0 aliphatic rings. The Balaban J connectivity index is 2.00. The lowest BCUT2D eigenvalue weighted by molar-refractivity contribution is -0.116. The predicted molar refractivity (Wildman–Crippen MR) is 109 cm³/mol. The third kappa shape index (κ3) is 3.73. The molecule has 4 aromatic rings. The van der Waals surface area contributed by atoms with Crippen LogP contribution in [-0.4, -0.2) is 28.1 Å². The van der Waals surface area contributed by atoms with Crippen molar-refractivity contribution in [3.63, 3.8) is 0 Å². The van der Waals surface area contributed by atoms with Crippen LogP contribution in [0.1, 0.15) is 6.92 Å². The summed E-state index contributed by atoms with van der Waals surface area (Å²) >= 11 is 0. The highest BCUT2D eigenvalue weighted by atomic mass is 19.1. The van der Waals surface area contributed by atoms with Crippen LogP contribution in [0.25, 0.3) is 22.5 Å². The van der Waals surface area contributed by atoms with E-state index in [1.165, 1.54) is 37.5 Å². The Kier molecular flexibility index (Phi) is 5.40. The molecule has 31 heavy (non-hydrogen) atoms. The van der Waals surface area contributed by atoms with Gasteiger partial charge in [0, 0.05) is 24.8 Å². The molecule has 7 nitrogen and oxygen atoms in total. The van der Waals surface area contributed by atoms with Crippen LogP contribution in [0.2, 0.25) is 0 Å². The Morgan fingerprint density at radius 2 is 1.94 bits per heavy atom. The molecule has 0 aliphatic carbocycles. The number of aromatic nitrogens is 3. The Hall–Kier alpha value is -4.14. The molecular formula is C22H16F2N4O3. The molecule has 0 spiro atoms. The summed E-state index contributed by atoms with van der Waals surface area (Å²) in [6.45, 7) is 1.34. The first-order valence-corrected chi connectivity index (χ1v) is 9.16. The average molecular weight is 422 g/mol. The first-order chi connectivity index (χ1) is 15.0. The lowest BCUT2D eigenvalue weighted by atomic mass is 10.0. The lowest BCUT2D eigenvalue weighted by Crippen LogP contribution is -2.23. The van der Waals surface area contributed by atoms with Gasteiger partial charge in [-0.3, -0.25) is 4.79 Å². The number of benzene rings is 2. The van der Waals surface area contributed by atoms with E-state index in [2.05, 4.69) is 15.1 Å². The highest BCUT2D eigenvalue weighted by Gasteiger charge is 2.30. The van der Waals surface area contributed by atoms with Crippen molar-refractivity contribution in [2.75, 3.05) is 12.0 Å². The average Bonchev–Trinajstić information content (AvgIpc) is 3.19. The summed E-state index contributed by atoms with van der Waals surface area (Å²) in [7, 11) is 1.47. The fourth-order valence-electron chi connectivity index (χ4n) is 3.21. The smallest absolute Gasteiger partial charge is 0.248 e. The number of anilines is 2. The van der Waals surface area contributed by atoms with Gasteiger partial charge in [0.15, 0.2) is 0 Å². The van der Waals surface area contributed by atoms with Crippen molar-refractivity contribution in [3.8, 4) is 28.3 Å². The fraction of sp³-hybridized carbons (Fsp3) is 0.0909. The van der Waals surface area contributed by atoms with Gasteiger partial charge in [-0.1, -0.05) is 17.3 Å². The van der Waals surface area contributed by atoms with Crippen molar-refractivity contribution in [1.82, 2.24) is 15.1 Å². The monoisotopic (exact) mass is 422 g/mol. The Bertz CT molecular complexity index is 1240. The first-order valence-electron chi connectivity index (χ1n) is 9.16. The summed E-state index contributed by atoms with van der Waals surface area (Å²) < 4.78 is 39.0. The highest BCUT2D eigenvalue weighted by molar-refractivity contribution is 6.04. The molecule has 0 saturated carbocycles. The van der Waals surface area contributed by atoms with Gasteiger partial charge in [0.1, 0.15) is 29.4 Å². The number of hydrogen-bond acceptors (Lipinski definition) is 6. The van der Waals surface area contributed by atoms with Gasteiger partial charge in [0.25, 0.3) is 0 Å². The number of halogens is 2. The molecule has 9 heteroatoms. The van der Waals surface area contributed by atoms with Crippen LogP contribution in [0.4, 0.5) is 20.4 Å². The van der Waals surface area contributed by atoms with E-state index in [0.717, 1.165) is 12.1 Å². The van der Waals surface area contributed by atoms with Gasteiger partial charge in [-0.15, -0.1) is 0 Å². The predicted octanol–water partition coefficient (Wildman–Crippen LogP) is 4.77. The molecule has 0 unspecified atom stereocenters. The molecule has 4 rings (SSSR count). The normalized spacial score (nSPS) is 10.7. The van der Waals surface area contributed by atoms with E-state index in [1.54, 1.807) is 30.3 Å². The number of ether oxygens (including phenoxy) is 1. The van der Waals surface area contributed by atoms with Crippen LogP contribution in [0.5, 0.6) is 5.75 Å². The molecule has 0 atom stereocenters. The number of hydrogen-bond donors (Lipinski definition) is 0. The van der Waals surface area contributed by atoms with Crippen molar-refractivity contribution < 1.29 is 22.8 Å². The number of methoxy groups -OCH3 is 1. The number of carbonyl (C=O) groups is 1. The molecule has 0 N–H and O–H groups in total. The second-order valence-corrected chi connectivity index (χ2v) is 6.46. The molecular weight excluding hydrogens is 406 g/mol. The number of amides is 1. The summed E-state index contributed by atoms with van der Waals surface area (Å²) in [5.74, 6) is -1.54. The molecule has 2 heterocycles. The summed E-state index contributed by atoms with van der Waals surface area (Å²) in [6.07, 6.45) is 2.79. The molecule has 0 saturated heterocycles. The van der Waals surface area contributed by atoms with Crippen LogP contribution >= 0.6 is 0 Å². The molecule has 0 fully saturated rings. The van der Waals surface area contributed by atoms with Crippen LogP contribution in [0, 0.1) is 11.6 Å². The van der Waals surface area contributed by atoms with E-state index < -0.39 is 17.5 Å². The molecule has 0 aliphatic heterocycles. The zero-order valence-corrected chi connectivity index (χ0v) is 16.5. The van der Waals surface area contributed by atoms with Gasteiger partial charge in [-0.05, 0) is 30.3 Å². The van der Waals surface area contributed by atoms with Crippen LogP contribution < -0.4 is 9.64 Å². The minimum absolute atomic E-state index is 0.00598. The number of rotatable bonds is 5. The second kappa shape index (κ2) is 8.31. The van der Waals surface area contributed by atoms with E-state index in [9.17, 15) is 13.6 Å². The standard InChI is InChI=1S/C22H16F2N4O3/c1-13(29)28(18-5-3-4-6-19(18)30-2)22-20(17-9-10-25-12-26-17)21(27-31-22)15-8-7-14(23)11-16(15)24/h3-12H,1-2H3. The molecule has 2 aromatic heterocycles. The highest BCUT2D eigenvalue weighted by Crippen LogP contribution is 2.43. The minimum atomic E-state index is -0.832. The van der Waals surface area contributed by atoms with Crippen LogP contribution in [0.15, 0.2) is 65.6 Å². The van der Waals surface area contributed by atoms with Crippen molar-refractivity contribution >= 4 is 17.5 Å². The van der Waals surface area contributed by atoms with Crippen molar-refractivity contribution in [2.24, 2.45) is 0 Å². The molecule has 1 amide bonds. The van der Waals surface area contributed by atoms with Gasteiger partial charge in [-0.2, -0.15) is 0 Å². The maximum Gasteiger partial charge on any atom is 0.248 e. The quantitative estimate of drug-likeness (QED) is 0.461. The maximum atomic E-state index is 14.6. The third-order valence-electron chi connectivity index (χ3n) is 4.54. The van der Waals surface area contributed by atoms with Gasteiger partial charge < -0.3 is 9.26 Å². The topological polar surface area (TPSA) is 81.4 Å². The molecule has 156 valence electrons. The van der Waals surface area contributed by atoms with Gasteiger partial charge in [0.05, 0.1) is 24.1 Å². The van der Waals surface area contributed by atoms with E-state index in [1.807, 2.05) is 0 Å². The van der Waals surface area contributed by atoms with Gasteiger partial charge >= 0.3 is 0 Å². The van der Waals surface area contributed by atoms with Crippen LogP contribution in [0.3, 0.4) is 0 Å². The maximum absolute atomic E-state index is 14.6. The summed E-state index contributed by atoms with van der Waals surface area (Å²) in [5, 5.41) is 4.01. The van der Waals surface area contributed by atoms with Crippen molar-refractivity contribution in [2.45, 2.75) is 6.92 Å². The van der Waals surface area contributed by atoms with Crippen LogP contribution in [-0.2, 0) is 4.79 Å². The van der Waals surface area contributed by atoms with E-state index in [4.69, 9.17) is 9.26 Å². The zero-order chi connectivity index (χ0) is 22.0. The lowest BCUT2D eigenvalue weighted by Gasteiger charge is -2.21. The van der Waals surface area contributed by atoms with Crippen molar-refractivity contribution in [1.29, 1.82) is 0 Å². The number of para-hydroxylation sites is 2. The van der Waals surface area contributed by atoms with Gasteiger partial charge in [-0.25, -0.2) is 23.6 Å². The Morgan fingerprint density at radius 1 is 1.13 bits per heavy atom. The third-order valence-corrected chi connectivity index (χ3v) is 4.54. The minimum Gasteiger partial charge on any atom is -0.495 e. The van der Waals surface area contributed by atoms with E-state index in [0.29, 0.717) is 17.1 Å². The summed E-state index contributed by atoms with van der Waals surface area (Å²) in [6, 6.07) is 11.5. The summed E-state index contributed by atoms with van der Waals surface area (Å²) in [4.78, 5) is 22.1. The zero-order valence-electron chi connectivity index (χ0n) is 16.5. The molecule has 0 bridgehead atoms. The Morgan fingerprint density at radius 3 is 2.61 bits per heavy atom. The van der Waals surface area contributed by atoms with E-state index in [-0.39, 0.29) is 22.7 Å². The van der Waals surface area contributed by atoms with E-state index >= 15 is 0 Å². The first kappa shape index (κ1) is 20.1. The fourth-order valence-corrected chi connectivity index (χ4v) is 3.21. The molecule has 0 radical (unpaired) electrons. The molecule has 2 aromatic carbocycles.